The number of anilines is 3. The van der Waals surface area contributed by atoms with Gasteiger partial charge in [0.1, 0.15) is 10.8 Å². The van der Waals surface area contributed by atoms with Crippen LogP contribution in [0.15, 0.2) is 43.2 Å². The van der Waals surface area contributed by atoms with E-state index in [4.69, 9.17) is 16.3 Å². The van der Waals surface area contributed by atoms with Crippen LogP contribution in [-0.4, -0.2) is 68.9 Å². The minimum atomic E-state index is -0.401. The van der Waals surface area contributed by atoms with Gasteiger partial charge in [-0.05, 0) is 51.6 Å². The van der Waals surface area contributed by atoms with Crippen molar-refractivity contribution in [2.24, 2.45) is 0 Å². The van der Waals surface area contributed by atoms with Crippen LogP contribution in [0.25, 0.3) is 0 Å². The Hall–Kier alpha value is -3.11. The van der Waals surface area contributed by atoms with E-state index in [2.05, 4.69) is 37.6 Å². The lowest BCUT2D eigenvalue weighted by molar-refractivity contribution is 0.155. The lowest BCUT2D eigenvalue weighted by Crippen LogP contribution is -2.31. The second-order valence-corrected chi connectivity index (χ2v) is 8.19. The van der Waals surface area contributed by atoms with Crippen LogP contribution in [0.2, 0.25) is 5.02 Å². The highest BCUT2D eigenvalue weighted by atomic mass is 35.5. The average Bonchev–Trinajstić information content (AvgIpc) is 3.15. The molecule has 0 radical (unpaired) electrons. The summed E-state index contributed by atoms with van der Waals surface area (Å²) in [6, 6.07) is 0.414. The van der Waals surface area contributed by atoms with Crippen molar-refractivity contribution in [3.05, 3.63) is 48.2 Å². The molecule has 1 fully saturated rings. The lowest BCUT2D eigenvalue weighted by atomic mass is 10.1. The first-order valence-electron chi connectivity index (χ1n) is 10.7. The van der Waals surface area contributed by atoms with Crippen molar-refractivity contribution >= 4 is 35.1 Å². The van der Waals surface area contributed by atoms with Crippen LogP contribution < -0.4 is 10.6 Å². The monoisotopic (exact) mass is 458 g/mol. The molecule has 0 aliphatic carbocycles. The molecular formula is C21H27ClN8O2. The van der Waals surface area contributed by atoms with E-state index in [-0.39, 0.29) is 0 Å². The Morgan fingerprint density at radius 1 is 1.25 bits per heavy atom. The van der Waals surface area contributed by atoms with E-state index in [1.165, 1.54) is 11.2 Å². The molecule has 4 heterocycles. The Labute approximate surface area is 191 Å². The van der Waals surface area contributed by atoms with Crippen LogP contribution >= 0.6 is 11.6 Å². The largest absolute Gasteiger partial charge is 0.418 e. The van der Waals surface area contributed by atoms with Crippen molar-refractivity contribution in [1.29, 1.82) is 0 Å². The summed E-state index contributed by atoms with van der Waals surface area (Å²) in [4.78, 5) is 24.4. The summed E-state index contributed by atoms with van der Waals surface area (Å²) >= 11 is 6.25. The molecule has 10 nitrogen and oxygen atoms in total. The molecule has 2 aliphatic rings. The number of cyclic esters (lactones) is 1. The number of nitrogens with zero attached hydrogens (tertiary/aromatic N) is 6. The van der Waals surface area contributed by atoms with E-state index in [9.17, 15) is 4.79 Å². The van der Waals surface area contributed by atoms with E-state index in [0.29, 0.717) is 42.3 Å². The Bertz CT molecular complexity index is 984. The number of carbonyl (C=O) groups is 1. The molecule has 4 rings (SSSR count). The molecule has 1 saturated heterocycles. The number of likely N-dealkylation sites (tertiary alicyclic amines) is 1. The average molecular weight is 459 g/mol. The summed E-state index contributed by atoms with van der Waals surface area (Å²) in [6.45, 7) is 3.24. The molecular weight excluding hydrogens is 432 g/mol. The highest BCUT2D eigenvalue weighted by molar-refractivity contribution is 6.32. The number of hydrogen-bond acceptors (Lipinski definition) is 8. The number of piperidine rings is 1. The number of rotatable bonds is 8. The van der Waals surface area contributed by atoms with Gasteiger partial charge in [-0.1, -0.05) is 11.6 Å². The van der Waals surface area contributed by atoms with Gasteiger partial charge in [-0.3, -0.25) is 9.58 Å². The highest BCUT2D eigenvalue weighted by Gasteiger charge is 2.19. The second-order valence-electron chi connectivity index (χ2n) is 7.79. The summed E-state index contributed by atoms with van der Waals surface area (Å²) in [5, 5.41) is 11.3. The molecule has 11 heteroatoms. The minimum absolute atomic E-state index is 0.401. The normalized spacial score (nSPS) is 17.3. The molecule has 0 saturated carbocycles. The SMILES string of the molecule is CN1CCC(n2cc(Nc3ncc(Cl)c(NCCCN4C=CC=COC4=O)n3)cn2)CC1. The minimum Gasteiger partial charge on any atom is -0.418 e. The van der Waals surface area contributed by atoms with Crippen LogP contribution in [0.5, 0.6) is 0 Å². The predicted molar refractivity (Wildman–Crippen MR) is 123 cm³/mol. The van der Waals surface area contributed by atoms with E-state index >= 15 is 0 Å². The topological polar surface area (TPSA) is 100 Å². The standard InChI is InChI=1S/C21H27ClN8O2/c1-28-10-5-17(6-11-28)30-15-16(13-25-30)26-20-24-14-18(22)19(27-20)23-7-4-9-29-8-2-3-12-32-21(29)31/h2-3,8,12-15,17H,4-7,9-11H2,1H3,(H2,23,24,26,27). The molecule has 0 spiro atoms. The maximum absolute atomic E-state index is 11.8. The van der Waals surface area contributed by atoms with Crippen molar-refractivity contribution in [1.82, 2.24) is 29.5 Å². The fraction of sp³-hybridized carbons (Fsp3) is 0.429. The van der Waals surface area contributed by atoms with Gasteiger partial charge in [0.15, 0.2) is 0 Å². The number of nitrogens with one attached hydrogen (secondary N) is 2. The van der Waals surface area contributed by atoms with Gasteiger partial charge in [-0.25, -0.2) is 9.78 Å². The fourth-order valence-corrected chi connectivity index (χ4v) is 3.75. The van der Waals surface area contributed by atoms with E-state index < -0.39 is 6.09 Å². The molecule has 0 bridgehead atoms. The maximum atomic E-state index is 11.8. The quantitative estimate of drug-likeness (QED) is 0.578. The zero-order valence-electron chi connectivity index (χ0n) is 17.9. The van der Waals surface area contributed by atoms with Gasteiger partial charge in [0.05, 0.1) is 30.4 Å². The van der Waals surface area contributed by atoms with Gasteiger partial charge in [-0.15, -0.1) is 0 Å². The van der Waals surface area contributed by atoms with E-state index in [0.717, 1.165) is 31.6 Å². The molecule has 1 amide bonds. The maximum Gasteiger partial charge on any atom is 0.418 e. The Morgan fingerprint density at radius 2 is 2.09 bits per heavy atom. The number of allylic oxidation sites excluding steroid dienone is 2. The predicted octanol–water partition coefficient (Wildman–Crippen LogP) is 3.62. The zero-order valence-corrected chi connectivity index (χ0v) is 18.7. The molecule has 0 atom stereocenters. The first-order valence-corrected chi connectivity index (χ1v) is 11.0. The Kier molecular flexibility index (Phi) is 7.23. The third-order valence-electron chi connectivity index (χ3n) is 5.39. The van der Waals surface area contributed by atoms with Gasteiger partial charge in [0.2, 0.25) is 5.95 Å². The zero-order chi connectivity index (χ0) is 22.3. The van der Waals surface area contributed by atoms with Gasteiger partial charge >= 0.3 is 6.09 Å². The summed E-state index contributed by atoms with van der Waals surface area (Å²) in [6.07, 6.45) is 14.3. The smallest absolute Gasteiger partial charge is 0.418 e. The molecule has 2 N–H and O–H groups in total. The highest BCUT2D eigenvalue weighted by Crippen LogP contribution is 2.24. The summed E-state index contributed by atoms with van der Waals surface area (Å²) in [7, 11) is 2.15. The number of halogens is 1. The number of ether oxygens (including phenoxy) is 1. The molecule has 0 aromatic carbocycles. The van der Waals surface area contributed by atoms with E-state index in [1.807, 2.05) is 10.9 Å². The third kappa shape index (κ3) is 5.77. The van der Waals surface area contributed by atoms with Gasteiger partial charge in [0, 0.05) is 25.5 Å². The van der Waals surface area contributed by atoms with Crippen LogP contribution in [0.3, 0.4) is 0 Å². The van der Waals surface area contributed by atoms with Crippen LogP contribution in [0, 0.1) is 0 Å². The van der Waals surface area contributed by atoms with Crippen molar-refractivity contribution in [2.45, 2.75) is 25.3 Å². The van der Waals surface area contributed by atoms with Gasteiger partial charge in [0.25, 0.3) is 0 Å². The molecule has 2 aromatic heterocycles. The van der Waals surface area contributed by atoms with Crippen LogP contribution in [0.4, 0.5) is 22.2 Å². The summed E-state index contributed by atoms with van der Waals surface area (Å²) < 4.78 is 6.95. The molecule has 170 valence electrons. The summed E-state index contributed by atoms with van der Waals surface area (Å²) in [5.41, 5.74) is 0.831. The molecule has 32 heavy (non-hydrogen) atoms. The van der Waals surface area contributed by atoms with Crippen molar-refractivity contribution in [3.63, 3.8) is 0 Å². The summed E-state index contributed by atoms with van der Waals surface area (Å²) in [5.74, 6) is 0.965. The van der Waals surface area contributed by atoms with Crippen molar-refractivity contribution in [3.8, 4) is 0 Å². The number of amides is 1. The molecule has 2 aromatic rings. The fourth-order valence-electron chi connectivity index (χ4n) is 3.59. The first-order chi connectivity index (χ1) is 15.6. The van der Waals surface area contributed by atoms with Gasteiger partial charge in [-0.2, -0.15) is 10.1 Å². The van der Waals surface area contributed by atoms with Crippen molar-refractivity contribution < 1.29 is 9.53 Å². The van der Waals surface area contributed by atoms with Gasteiger partial charge < -0.3 is 20.3 Å². The number of aromatic nitrogens is 4. The van der Waals surface area contributed by atoms with E-state index in [1.54, 1.807) is 30.7 Å². The molecule has 0 unspecified atom stereocenters. The van der Waals surface area contributed by atoms with Crippen LogP contribution in [-0.2, 0) is 4.74 Å². The first kappa shape index (κ1) is 22.1. The Balaban J connectivity index is 1.29. The number of hydrogen-bond donors (Lipinski definition) is 2. The Morgan fingerprint density at radius 3 is 2.94 bits per heavy atom. The second kappa shape index (κ2) is 10.5. The number of carbonyl (C=O) groups excluding carboxylic acids is 1. The molecule has 2 aliphatic heterocycles. The van der Waals surface area contributed by atoms with Crippen LogP contribution in [0.1, 0.15) is 25.3 Å². The lowest BCUT2D eigenvalue weighted by Gasteiger charge is -2.28. The van der Waals surface area contributed by atoms with Crippen molar-refractivity contribution in [2.75, 3.05) is 43.9 Å². The third-order valence-corrected chi connectivity index (χ3v) is 5.67.